The van der Waals surface area contributed by atoms with Crippen LogP contribution in [0.2, 0.25) is 0 Å². The smallest absolute Gasteiger partial charge is 0.306 e. The minimum atomic E-state index is -0.884. The van der Waals surface area contributed by atoms with Crippen LogP contribution in [0.25, 0.3) is 11.0 Å². The molecule has 1 aliphatic rings. The van der Waals surface area contributed by atoms with Crippen molar-refractivity contribution in [3.8, 4) is 11.5 Å². The molecule has 0 unspecified atom stereocenters. The number of primary amides is 2. The fourth-order valence-electron chi connectivity index (χ4n) is 5.46. The Morgan fingerprint density at radius 2 is 1.73 bits per heavy atom. The summed E-state index contributed by atoms with van der Waals surface area (Å²) in [7, 11) is 1.45. The summed E-state index contributed by atoms with van der Waals surface area (Å²) in [6.07, 6.45) is 3.95. The van der Waals surface area contributed by atoms with Crippen LogP contribution in [0.1, 0.15) is 56.7 Å². The minimum Gasteiger partial charge on any atom is -0.494 e. The molecule has 0 aliphatic heterocycles. The highest BCUT2D eigenvalue weighted by atomic mass is 16.5. The van der Waals surface area contributed by atoms with Crippen LogP contribution in [0, 0.1) is 12.8 Å². The maximum Gasteiger partial charge on any atom is 0.306 e. The van der Waals surface area contributed by atoms with Crippen LogP contribution in [-0.4, -0.2) is 67.9 Å². The number of aliphatic carboxylic acids is 1. The third-order valence-corrected chi connectivity index (χ3v) is 7.98. The Balaban J connectivity index is 1.39. The lowest BCUT2D eigenvalue weighted by Crippen LogP contribution is -2.38. The van der Waals surface area contributed by atoms with Gasteiger partial charge in [0, 0.05) is 30.8 Å². The van der Waals surface area contributed by atoms with Gasteiger partial charge in [-0.25, -0.2) is 4.98 Å². The summed E-state index contributed by atoms with van der Waals surface area (Å²) in [6, 6.07) is 7.63. The van der Waals surface area contributed by atoms with Crippen LogP contribution in [0.5, 0.6) is 11.5 Å². The number of aromatic nitrogens is 4. The van der Waals surface area contributed by atoms with E-state index in [-0.39, 0.29) is 47.7 Å². The van der Waals surface area contributed by atoms with Crippen molar-refractivity contribution >= 4 is 52.0 Å². The van der Waals surface area contributed by atoms with E-state index in [0.717, 1.165) is 0 Å². The number of hydrogen-bond donors (Lipinski definition) is 6. The van der Waals surface area contributed by atoms with E-state index in [4.69, 9.17) is 26.7 Å². The van der Waals surface area contributed by atoms with E-state index < -0.39 is 29.6 Å². The average Bonchev–Trinajstić information content (AvgIpc) is 3.57. The number of allylic oxidation sites excluding steroid dienone is 1. The number of amides is 3. The van der Waals surface area contributed by atoms with Gasteiger partial charge in [0.1, 0.15) is 34.5 Å². The highest BCUT2D eigenvalue weighted by Gasteiger charge is 2.36. The van der Waals surface area contributed by atoms with Crippen LogP contribution in [0.4, 0.5) is 17.3 Å². The molecule has 1 saturated carbocycles. The predicted molar refractivity (Wildman–Crippen MR) is 177 cm³/mol. The summed E-state index contributed by atoms with van der Waals surface area (Å²) in [5.74, 6) is -2.31. The molecule has 2 aromatic heterocycles. The molecule has 2 aromatic carbocycles. The Kier molecular flexibility index (Phi) is 9.54. The van der Waals surface area contributed by atoms with Gasteiger partial charge in [0.25, 0.3) is 5.91 Å². The molecule has 3 amide bonds. The average molecular weight is 660 g/mol. The van der Waals surface area contributed by atoms with Gasteiger partial charge in [-0.05, 0) is 57.0 Å². The van der Waals surface area contributed by atoms with Gasteiger partial charge in [0.2, 0.25) is 17.8 Å². The first-order valence-electron chi connectivity index (χ1n) is 15.2. The number of hydrogen-bond acceptors (Lipinski definition) is 10. The van der Waals surface area contributed by atoms with Crippen molar-refractivity contribution in [2.45, 2.75) is 45.9 Å². The highest BCUT2D eigenvalue weighted by molar-refractivity contribution is 6.04. The topological polar surface area (TPSA) is 245 Å². The molecule has 0 radical (unpaired) electrons. The Bertz CT molecular complexity index is 1940. The fourth-order valence-corrected chi connectivity index (χ4v) is 5.46. The second kappa shape index (κ2) is 13.7. The Hall–Kier alpha value is -6.06. The number of carbonyl (C=O) groups is 4. The third kappa shape index (κ3) is 6.86. The molecule has 9 N–H and O–H groups in total. The first kappa shape index (κ1) is 33.3. The monoisotopic (exact) mass is 659 g/mol. The van der Waals surface area contributed by atoms with E-state index in [1.54, 1.807) is 22.2 Å². The van der Waals surface area contributed by atoms with Crippen LogP contribution < -0.4 is 37.3 Å². The number of rotatable bonds is 14. The van der Waals surface area contributed by atoms with E-state index in [1.807, 2.05) is 19.1 Å². The van der Waals surface area contributed by atoms with Gasteiger partial charge in [0.05, 0.1) is 29.9 Å². The summed E-state index contributed by atoms with van der Waals surface area (Å²) in [6.45, 7) is 4.66. The highest BCUT2D eigenvalue weighted by Crippen LogP contribution is 2.38. The van der Waals surface area contributed by atoms with Crippen molar-refractivity contribution in [2.24, 2.45) is 17.4 Å². The normalized spacial score (nSPS) is 15.6. The zero-order valence-corrected chi connectivity index (χ0v) is 26.6. The molecule has 0 atom stereocenters. The van der Waals surface area contributed by atoms with Gasteiger partial charge in [-0.1, -0.05) is 12.2 Å². The number of fused-ring (bicyclic) bond motifs is 1. The number of carboxylic acid groups (broad SMARTS) is 1. The number of nitrogens with two attached hydrogens (primary N) is 3. The van der Waals surface area contributed by atoms with E-state index in [1.165, 1.54) is 31.4 Å². The second-order valence-electron chi connectivity index (χ2n) is 11.3. The molecule has 1 aliphatic carbocycles. The molecule has 5 rings (SSSR count). The molecule has 1 fully saturated rings. The SMILES string of the molecule is CCn1nc(C)cc1C(=O)Nc1nc2cc(C(N)=O)cc(OC)c2n1C/C=C/CNc1c(N)cc(C(N)=O)cc1OC1CC(C(=O)O)C1. The van der Waals surface area contributed by atoms with Crippen molar-refractivity contribution < 1.29 is 33.8 Å². The van der Waals surface area contributed by atoms with Gasteiger partial charge < -0.3 is 41.7 Å². The number of nitrogens with one attached hydrogen (secondary N) is 2. The number of nitrogens with zero attached hydrogens (tertiary/aromatic N) is 4. The van der Waals surface area contributed by atoms with Gasteiger partial charge in [0.15, 0.2) is 0 Å². The number of carbonyl (C=O) groups excluding carboxylic acids is 3. The van der Waals surface area contributed by atoms with Crippen LogP contribution in [0.3, 0.4) is 0 Å². The van der Waals surface area contributed by atoms with Crippen molar-refractivity contribution in [2.75, 3.05) is 30.0 Å². The van der Waals surface area contributed by atoms with Crippen molar-refractivity contribution in [1.29, 1.82) is 0 Å². The molecule has 252 valence electrons. The number of benzene rings is 2. The lowest BCUT2D eigenvalue weighted by Gasteiger charge is -2.33. The molecule has 0 saturated heterocycles. The van der Waals surface area contributed by atoms with Gasteiger partial charge >= 0.3 is 5.97 Å². The van der Waals surface area contributed by atoms with E-state index in [0.29, 0.717) is 53.2 Å². The summed E-state index contributed by atoms with van der Waals surface area (Å²) in [5.41, 5.74) is 20.2. The summed E-state index contributed by atoms with van der Waals surface area (Å²) < 4.78 is 14.9. The van der Waals surface area contributed by atoms with E-state index >= 15 is 0 Å². The van der Waals surface area contributed by atoms with E-state index in [9.17, 15) is 24.3 Å². The standard InChI is InChI=1S/C32H37N9O7/c1-4-41-23(9-16(2)39-41)30(44)38-32-37-22-13-18(29(35)43)15-25(47-3)27(22)40(32)8-6-5-7-36-26-21(33)12-17(28(34)42)14-24(26)48-20-10-19(11-20)31(45)46/h5-6,9,12-15,19-20,36H,4,7-8,10-11,33H2,1-3H3,(H2,34,42)(H2,35,43)(H,45,46)(H,37,38,44)/b6-5+. The molecule has 16 heteroatoms. The summed E-state index contributed by atoms with van der Waals surface area (Å²) >= 11 is 0. The number of aryl methyl sites for hydroxylation is 2. The van der Waals surface area contributed by atoms with Crippen molar-refractivity contribution in [3.05, 3.63) is 65.0 Å². The van der Waals surface area contributed by atoms with E-state index in [2.05, 4.69) is 20.7 Å². The zero-order valence-electron chi connectivity index (χ0n) is 26.6. The molecule has 2 heterocycles. The molecule has 0 spiro atoms. The number of ether oxygens (including phenoxy) is 2. The first-order chi connectivity index (χ1) is 22.9. The zero-order chi connectivity index (χ0) is 34.7. The number of methoxy groups -OCH3 is 1. The maximum absolute atomic E-state index is 13.3. The molecule has 4 aromatic rings. The summed E-state index contributed by atoms with van der Waals surface area (Å²) in [5, 5.41) is 19.6. The first-order valence-corrected chi connectivity index (χ1v) is 15.2. The molecule has 16 nitrogen and oxygen atoms in total. The van der Waals surface area contributed by atoms with Gasteiger partial charge in [-0.3, -0.25) is 29.2 Å². The van der Waals surface area contributed by atoms with Crippen molar-refractivity contribution in [1.82, 2.24) is 19.3 Å². The lowest BCUT2D eigenvalue weighted by atomic mass is 9.82. The minimum absolute atomic E-state index is 0.157. The maximum atomic E-state index is 13.3. The number of carboxylic acids is 1. The molecular weight excluding hydrogens is 622 g/mol. The molecular formula is C32H37N9O7. The Morgan fingerprint density at radius 1 is 1.04 bits per heavy atom. The Morgan fingerprint density at radius 3 is 2.38 bits per heavy atom. The van der Waals surface area contributed by atoms with Crippen molar-refractivity contribution in [3.63, 3.8) is 0 Å². The molecule has 0 bridgehead atoms. The van der Waals surface area contributed by atoms with Crippen LogP contribution in [0.15, 0.2) is 42.5 Å². The Labute approximate surface area is 274 Å². The van der Waals surface area contributed by atoms with Crippen LogP contribution in [-0.2, 0) is 17.9 Å². The lowest BCUT2D eigenvalue weighted by molar-refractivity contribution is -0.147. The van der Waals surface area contributed by atoms with Gasteiger partial charge in [-0.2, -0.15) is 5.10 Å². The van der Waals surface area contributed by atoms with Crippen LogP contribution >= 0.6 is 0 Å². The third-order valence-electron chi connectivity index (χ3n) is 7.98. The molecule has 48 heavy (non-hydrogen) atoms. The largest absolute Gasteiger partial charge is 0.494 e. The second-order valence-corrected chi connectivity index (χ2v) is 11.3. The quantitative estimate of drug-likeness (QED) is 0.0848. The number of nitrogen functional groups attached to an aromatic ring is 1. The number of anilines is 3. The fraction of sp³-hybridized carbons (Fsp3) is 0.312. The number of imidazole rings is 1. The summed E-state index contributed by atoms with van der Waals surface area (Å²) in [4.78, 5) is 53.0. The predicted octanol–water partition coefficient (Wildman–Crippen LogP) is 2.51. The van der Waals surface area contributed by atoms with Gasteiger partial charge in [-0.15, -0.1) is 0 Å².